The summed E-state index contributed by atoms with van der Waals surface area (Å²) in [5.74, 6) is 0. The Labute approximate surface area is 125 Å². The van der Waals surface area contributed by atoms with Gasteiger partial charge in [0.15, 0.2) is 0 Å². The van der Waals surface area contributed by atoms with Gasteiger partial charge in [0.05, 0.1) is 4.90 Å². The van der Waals surface area contributed by atoms with E-state index in [2.05, 4.69) is 4.72 Å². The van der Waals surface area contributed by atoms with Gasteiger partial charge >= 0.3 is 0 Å². The first-order chi connectivity index (χ1) is 9.38. The van der Waals surface area contributed by atoms with Crippen LogP contribution in [0.4, 0.5) is 0 Å². The predicted octanol–water partition coefficient (Wildman–Crippen LogP) is 2.48. The standard InChI is InChI=1S/C14H20ClNO3S/c1-11-4-5-12(15)8-13(11)20(18,19)16-9-14(10-17)6-2-3-7-14/h4-5,8,16-17H,2-3,6-7,9-10H2,1H3. The Balaban J connectivity index is 2.17. The zero-order chi connectivity index (χ0) is 14.8. The van der Waals surface area contributed by atoms with E-state index in [1.807, 2.05) is 0 Å². The fourth-order valence-electron chi connectivity index (χ4n) is 2.71. The second-order valence-corrected chi connectivity index (χ2v) is 7.77. The number of rotatable bonds is 5. The molecule has 1 fully saturated rings. The van der Waals surface area contributed by atoms with Crippen LogP contribution in [0.5, 0.6) is 0 Å². The van der Waals surface area contributed by atoms with Crippen molar-refractivity contribution in [3.63, 3.8) is 0 Å². The summed E-state index contributed by atoms with van der Waals surface area (Å²) in [5, 5.41) is 9.92. The van der Waals surface area contributed by atoms with Crippen molar-refractivity contribution in [2.24, 2.45) is 5.41 Å². The first-order valence-corrected chi connectivity index (χ1v) is 8.61. The SMILES string of the molecule is Cc1ccc(Cl)cc1S(=O)(=O)NCC1(CO)CCCC1. The number of nitrogens with one attached hydrogen (secondary N) is 1. The minimum atomic E-state index is -3.59. The summed E-state index contributed by atoms with van der Waals surface area (Å²) in [5.41, 5.74) is 0.353. The Kier molecular flexibility index (Phi) is 4.74. The van der Waals surface area contributed by atoms with Crippen LogP contribution in [0.15, 0.2) is 23.1 Å². The molecule has 0 saturated heterocycles. The third-order valence-electron chi connectivity index (χ3n) is 4.08. The van der Waals surface area contributed by atoms with Crippen LogP contribution in [-0.4, -0.2) is 26.7 Å². The van der Waals surface area contributed by atoms with E-state index in [1.165, 1.54) is 6.07 Å². The van der Waals surface area contributed by atoms with E-state index in [-0.39, 0.29) is 23.5 Å². The fraction of sp³-hybridized carbons (Fsp3) is 0.571. The molecule has 1 aromatic carbocycles. The molecule has 0 spiro atoms. The maximum atomic E-state index is 12.4. The van der Waals surface area contributed by atoms with Gasteiger partial charge in [0.25, 0.3) is 0 Å². The second kappa shape index (κ2) is 6.02. The highest BCUT2D eigenvalue weighted by atomic mass is 35.5. The van der Waals surface area contributed by atoms with Gasteiger partial charge in [0, 0.05) is 23.6 Å². The number of benzene rings is 1. The fourth-order valence-corrected chi connectivity index (χ4v) is 4.37. The molecule has 0 bridgehead atoms. The summed E-state index contributed by atoms with van der Waals surface area (Å²) in [4.78, 5) is 0.205. The Bertz CT molecular complexity index is 580. The van der Waals surface area contributed by atoms with Gasteiger partial charge in [0.2, 0.25) is 10.0 Å². The minimum Gasteiger partial charge on any atom is -0.396 e. The van der Waals surface area contributed by atoms with Gasteiger partial charge in [-0.15, -0.1) is 0 Å². The monoisotopic (exact) mass is 317 g/mol. The molecule has 0 aliphatic heterocycles. The second-order valence-electron chi connectivity index (χ2n) is 5.60. The van der Waals surface area contributed by atoms with E-state index in [9.17, 15) is 13.5 Å². The zero-order valence-electron chi connectivity index (χ0n) is 11.5. The summed E-state index contributed by atoms with van der Waals surface area (Å²) in [6.07, 6.45) is 3.80. The van der Waals surface area contributed by atoms with Crippen molar-refractivity contribution >= 4 is 21.6 Å². The number of sulfonamides is 1. The molecule has 6 heteroatoms. The zero-order valence-corrected chi connectivity index (χ0v) is 13.1. The Hall–Kier alpha value is -0.620. The maximum absolute atomic E-state index is 12.4. The van der Waals surface area contributed by atoms with E-state index < -0.39 is 10.0 Å². The first-order valence-electron chi connectivity index (χ1n) is 6.75. The molecular weight excluding hydrogens is 298 g/mol. The lowest BCUT2D eigenvalue weighted by Gasteiger charge is -2.26. The van der Waals surface area contributed by atoms with Gasteiger partial charge in [-0.1, -0.05) is 30.5 Å². The van der Waals surface area contributed by atoms with Crippen LogP contribution in [-0.2, 0) is 10.0 Å². The lowest BCUT2D eigenvalue weighted by atomic mass is 9.88. The molecule has 0 atom stereocenters. The van der Waals surface area contributed by atoms with Crippen molar-refractivity contribution in [2.75, 3.05) is 13.2 Å². The Morgan fingerprint density at radius 2 is 2.00 bits per heavy atom. The summed E-state index contributed by atoms with van der Waals surface area (Å²) in [7, 11) is -3.59. The average Bonchev–Trinajstić information content (AvgIpc) is 2.89. The van der Waals surface area contributed by atoms with Gasteiger partial charge in [-0.2, -0.15) is 0 Å². The summed E-state index contributed by atoms with van der Waals surface area (Å²) < 4.78 is 27.4. The van der Waals surface area contributed by atoms with Gasteiger partial charge in [-0.3, -0.25) is 0 Å². The normalized spacial score (nSPS) is 18.4. The Morgan fingerprint density at radius 1 is 1.35 bits per heavy atom. The van der Waals surface area contributed by atoms with Gasteiger partial charge in [0.1, 0.15) is 0 Å². The molecule has 0 amide bonds. The summed E-state index contributed by atoms with van der Waals surface area (Å²) in [6, 6.07) is 4.82. The molecule has 112 valence electrons. The molecule has 0 radical (unpaired) electrons. The van der Waals surface area contributed by atoms with E-state index >= 15 is 0 Å². The molecule has 1 saturated carbocycles. The molecule has 0 heterocycles. The topological polar surface area (TPSA) is 66.4 Å². The number of aryl methyl sites for hydroxylation is 1. The highest BCUT2D eigenvalue weighted by Gasteiger charge is 2.34. The van der Waals surface area contributed by atoms with Crippen LogP contribution in [0.25, 0.3) is 0 Å². The highest BCUT2D eigenvalue weighted by molar-refractivity contribution is 7.89. The average molecular weight is 318 g/mol. The molecule has 20 heavy (non-hydrogen) atoms. The van der Waals surface area contributed by atoms with Crippen molar-refractivity contribution in [1.29, 1.82) is 0 Å². The first kappa shape index (κ1) is 15.8. The largest absolute Gasteiger partial charge is 0.396 e. The molecule has 4 nitrogen and oxygen atoms in total. The molecular formula is C14H20ClNO3S. The van der Waals surface area contributed by atoms with Crippen LogP contribution in [0.2, 0.25) is 5.02 Å². The van der Waals surface area contributed by atoms with Crippen molar-refractivity contribution < 1.29 is 13.5 Å². The third kappa shape index (κ3) is 3.34. The number of halogens is 1. The maximum Gasteiger partial charge on any atom is 0.240 e. The van der Waals surface area contributed by atoms with Gasteiger partial charge < -0.3 is 5.11 Å². The van der Waals surface area contributed by atoms with E-state index in [1.54, 1.807) is 19.1 Å². The molecule has 1 aliphatic rings. The van der Waals surface area contributed by atoms with E-state index in [4.69, 9.17) is 11.6 Å². The van der Waals surface area contributed by atoms with Crippen molar-refractivity contribution in [3.05, 3.63) is 28.8 Å². The molecule has 1 aromatic rings. The van der Waals surface area contributed by atoms with Crippen LogP contribution in [0.1, 0.15) is 31.2 Å². The van der Waals surface area contributed by atoms with Crippen LogP contribution < -0.4 is 4.72 Å². The number of hydrogen-bond donors (Lipinski definition) is 2. The van der Waals surface area contributed by atoms with Crippen LogP contribution in [0.3, 0.4) is 0 Å². The van der Waals surface area contributed by atoms with E-state index in [0.717, 1.165) is 25.7 Å². The Morgan fingerprint density at radius 3 is 2.60 bits per heavy atom. The van der Waals surface area contributed by atoms with Gasteiger partial charge in [-0.25, -0.2) is 13.1 Å². The third-order valence-corrected chi connectivity index (χ3v) is 5.85. The molecule has 0 unspecified atom stereocenters. The summed E-state index contributed by atoms with van der Waals surface area (Å²) in [6.45, 7) is 2.03. The summed E-state index contributed by atoms with van der Waals surface area (Å²) >= 11 is 5.87. The van der Waals surface area contributed by atoms with Crippen LogP contribution >= 0.6 is 11.6 Å². The van der Waals surface area contributed by atoms with Crippen LogP contribution in [0, 0.1) is 12.3 Å². The van der Waals surface area contributed by atoms with Gasteiger partial charge in [-0.05, 0) is 37.5 Å². The van der Waals surface area contributed by atoms with Crippen molar-refractivity contribution in [2.45, 2.75) is 37.5 Å². The predicted molar refractivity (Wildman–Crippen MR) is 79.4 cm³/mol. The molecule has 1 aliphatic carbocycles. The lowest BCUT2D eigenvalue weighted by Crippen LogP contribution is -2.38. The smallest absolute Gasteiger partial charge is 0.240 e. The lowest BCUT2D eigenvalue weighted by molar-refractivity contribution is 0.134. The van der Waals surface area contributed by atoms with E-state index in [0.29, 0.717) is 10.6 Å². The molecule has 2 rings (SSSR count). The number of aliphatic hydroxyl groups is 1. The highest BCUT2D eigenvalue weighted by Crippen LogP contribution is 2.37. The number of aliphatic hydroxyl groups excluding tert-OH is 1. The number of hydrogen-bond acceptors (Lipinski definition) is 3. The minimum absolute atomic E-state index is 0.0179. The van der Waals surface area contributed by atoms with Crippen molar-refractivity contribution in [3.8, 4) is 0 Å². The molecule has 2 N–H and O–H groups in total. The van der Waals surface area contributed by atoms with Crippen molar-refractivity contribution in [1.82, 2.24) is 4.72 Å². The quantitative estimate of drug-likeness (QED) is 0.876. The molecule has 0 aromatic heterocycles.